The second-order valence-corrected chi connectivity index (χ2v) is 7.15. The fourth-order valence-electron chi connectivity index (χ4n) is 3.02. The molecule has 1 aromatic heterocycles. The summed E-state index contributed by atoms with van der Waals surface area (Å²) < 4.78 is 32.4. The number of aromatic nitrogens is 1. The van der Waals surface area contributed by atoms with E-state index in [1.165, 1.54) is 23.9 Å². The van der Waals surface area contributed by atoms with Crippen LogP contribution in [0.1, 0.15) is 41.2 Å². The third-order valence-corrected chi connectivity index (χ3v) is 5.12. The molecule has 23 heavy (non-hydrogen) atoms. The number of rotatable bonds is 2. The predicted molar refractivity (Wildman–Crippen MR) is 86.3 cm³/mol. The lowest BCUT2D eigenvalue weighted by Gasteiger charge is -2.34. The zero-order chi connectivity index (χ0) is 16.8. The Morgan fingerprint density at radius 1 is 1.26 bits per heavy atom. The Bertz CT molecular complexity index is 750. The number of amidine groups is 1. The Morgan fingerprint density at radius 3 is 2.48 bits per heavy atom. The maximum absolute atomic E-state index is 13.6. The second kappa shape index (κ2) is 5.63. The summed E-state index contributed by atoms with van der Waals surface area (Å²) in [5, 5.41) is 4.33. The van der Waals surface area contributed by atoms with Gasteiger partial charge in [0.2, 0.25) is 0 Å². The monoisotopic (exact) mass is 337 g/mol. The molecule has 0 radical (unpaired) electrons. The molecule has 0 fully saturated rings. The average Bonchev–Trinajstić information content (AvgIpc) is 2.76. The van der Waals surface area contributed by atoms with E-state index >= 15 is 0 Å². The van der Waals surface area contributed by atoms with Crippen molar-refractivity contribution >= 4 is 16.9 Å². The fourth-order valence-corrected chi connectivity index (χ4v) is 4.43. The lowest BCUT2D eigenvalue weighted by Crippen LogP contribution is -2.31. The number of nitrogens with zero attached hydrogens (tertiary/aromatic N) is 2. The van der Waals surface area contributed by atoms with Gasteiger partial charge in [-0.1, -0.05) is 16.9 Å². The zero-order valence-corrected chi connectivity index (χ0v) is 13.9. The van der Waals surface area contributed by atoms with Crippen LogP contribution in [0.4, 0.5) is 8.78 Å². The molecule has 2 atom stereocenters. The third-order valence-electron chi connectivity index (χ3n) is 4.10. The van der Waals surface area contributed by atoms with E-state index in [4.69, 9.17) is 10.3 Å². The summed E-state index contributed by atoms with van der Waals surface area (Å²) >= 11 is 1.42. The van der Waals surface area contributed by atoms with Crippen LogP contribution in [0.25, 0.3) is 0 Å². The SMILES string of the molecule is Cc1noc(C)c1C1CC(C)(c2cc(F)cc(F)c2)N=C(N)S1. The number of benzene rings is 1. The van der Waals surface area contributed by atoms with E-state index in [9.17, 15) is 8.78 Å². The quantitative estimate of drug-likeness (QED) is 0.900. The lowest BCUT2D eigenvalue weighted by atomic mass is 9.85. The highest BCUT2D eigenvalue weighted by Crippen LogP contribution is 2.48. The Morgan fingerprint density at radius 2 is 1.91 bits per heavy atom. The van der Waals surface area contributed by atoms with Crippen LogP contribution in [0.2, 0.25) is 0 Å². The molecule has 1 aliphatic rings. The first-order valence-electron chi connectivity index (χ1n) is 7.20. The summed E-state index contributed by atoms with van der Waals surface area (Å²) in [7, 11) is 0. The van der Waals surface area contributed by atoms with Gasteiger partial charge < -0.3 is 10.3 Å². The van der Waals surface area contributed by atoms with Crippen LogP contribution >= 0.6 is 11.8 Å². The molecule has 3 rings (SSSR count). The molecule has 2 heterocycles. The van der Waals surface area contributed by atoms with Crippen molar-refractivity contribution in [2.45, 2.75) is 38.0 Å². The van der Waals surface area contributed by atoms with E-state index in [1.807, 2.05) is 20.8 Å². The van der Waals surface area contributed by atoms with Gasteiger partial charge in [0.05, 0.1) is 11.2 Å². The maximum Gasteiger partial charge on any atom is 0.155 e. The molecule has 0 saturated heterocycles. The van der Waals surface area contributed by atoms with Gasteiger partial charge in [0, 0.05) is 16.9 Å². The number of hydrogen-bond donors (Lipinski definition) is 1. The van der Waals surface area contributed by atoms with Crippen molar-refractivity contribution in [1.29, 1.82) is 0 Å². The molecule has 0 saturated carbocycles. The first-order valence-corrected chi connectivity index (χ1v) is 8.08. The molecule has 122 valence electrons. The van der Waals surface area contributed by atoms with Gasteiger partial charge in [-0.05, 0) is 44.9 Å². The van der Waals surface area contributed by atoms with Crippen molar-refractivity contribution < 1.29 is 13.3 Å². The number of nitrogens with two attached hydrogens (primary N) is 1. The van der Waals surface area contributed by atoms with Crippen LogP contribution in [0.3, 0.4) is 0 Å². The van der Waals surface area contributed by atoms with Crippen LogP contribution < -0.4 is 5.73 Å². The van der Waals surface area contributed by atoms with Gasteiger partial charge >= 0.3 is 0 Å². The summed E-state index contributed by atoms with van der Waals surface area (Å²) in [5.41, 5.74) is 7.42. The molecule has 2 N–H and O–H groups in total. The Labute approximate surface area is 137 Å². The van der Waals surface area contributed by atoms with Crippen molar-refractivity contribution in [2.24, 2.45) is 10.7 Å². The molecule has 1 aromatic carbocycles. The van der Waals surface area contributed by atoms with Gasteiger partial charge in [0.1, 0.15) is 17.4 Å². The highest BCUT2D eigenvalue weighted by molar-refractivity contribution is 8.14. The van der Waals surface area contributed by atoms with E-state index < -0.39 is 17.2 Å². The molecule has 0 aliphatic carbocycles. The maximum atomic E-state index is 13.6. The highest BCUT2D eigenvalue weighted by Gasteiger charge is 2.38. The predicted octanol–water partition coefficient (Wildman–Crippen LogP) is 3.98. The van der Waals surface area contributed by atoms with Gasteiger partial charge in [-0.25, -0.2) is 8.78 Å². The van der Waals surface area contributed by atoms with Crippen molar-refractivity contribution in [1.82, 2.24) is 5.16 Å². The summed E-state index contributed by atoms with van der Waals surface area (Å²) in [4.78, 5) is 4.46. The van der Waals surface area contributed by atoms with E-state index in [2.05, 4.69) is 10.1 Å². The van der Waals surface area contributed by atoms with E-state index in [0.717, 1.165) is 23.1 Å². The van der Waals surface area contributed by atoms with Crippen LogP contribution in [-0.4, -0.2) is 10.3 Å². The van der Waals surface area contributed by atoms with Crippen LogP contribution in [0, 0.1) is 25.5 Å². The van der Waals surface area contributed by atoms with Crippen LogP contribution in [-0.2, 0) is 5.54 Å². The Kier molecular flexibility index (Phi) is 3.91. The Balaban J connectivity index is 2.04. The minimum absolute atomic E-state index is 0.0323. The minimum atomic E-state index is -0.806. The first kappa shape index (κ1) is 16.0. The number of aryl methyl sites for hydroxylation is 2. The lowest BCUT2D eigenvalue weighted by molar-refractivity contribution is 0.390. The zero-order valence-electron chi connectivity index (χ0n) is 13.1. The van der Waals surface area contributed by atoms with E-state index in [0.29, 0.717) is 17.2 Å². The molecule has 0 amide bonds. The number of thioether (sulfide) groups is 1. The summed E-state index contributed by atoms with van der Waals surface area (Å²) in [5.74, 6) is -0.522. The highest BCUT2D eigenvalue weighted by atomic mass is 32.2. The van der Waals surface area contributed by atoms with Crippen LogP contribution in [0.5, 0.6) is 0 Å². The number of hydrogen-bond acceptors (Lipinski definition) is 5. The average molecular weight is 337 g/mol. The number of aliphatic imine (C=N–C) groups is 1. The van der Waals surface area contributed by atoms with Crippen LogP contribution in [0.15, 0.2) is 27.7 Å². The van der Waals surface area contributed by atoms with Gasteiger partial charge in [-0.3, -0.25) is 4.99 Å². The van der Waals surface area contributed by atoms with Gasteiger partial charge in [0.25, 0.3) is 0 Å². The van der Waals surface area contributed by atoms with Crippen molar-refractivity contribution in [3.63, 3.8) is 0 Å². The molecule has 0 bridgehead atoms. The Hall–Kier alpha value is -1.89. The van der Waals surface area contributed by atoms with Crippen molar-refractivity contribution in [3.8, 4) is 0 Å². The molecular weight excluding hydrogens is 320 g/mol. The van der Waals surface area contributed by atoms with Gasteiger partial charge in [0.15, 0.2) is 5.17 Å². The molecule has 0 spiro atoms. The van der Waals surface area contributed by atoms with Gasteiger partial charge in [-0.2, -0.15) is 0 Å². The molecule has 2 unspecified atom stereocenters. The second-order valence-electron chi connectivity index (χ2n) is 5.93. The van der Waals surface area contributed by atoms with Gasteiger partial charge in [-0.15, -0.1) is 0 Å². The molecular formula is C16H17F2N3OS. The first-order chi connectivity index (χ1) is 10.8. The summed E-state index contributed by atoms with van der Waals surface area (Å²) in [6.07, 6.45) is 0.546. The fraction of sp³-hybridized carbons (Fsp3) is 0.375. The topological polar surface area (TPSA) is 64.4 Å². The van der Waals surface area contributed by atoms with E-state index in [1.54, 1.807) is 0 Å². The van der Waals surface area contributed by atoms with Crippen molar-refractivity contribution in [2.75, 3.05) is 0 Å². The molecule has 7 heteroatoms. The third kappa shape index (κ3) is 2.97. The summed E-state index contributed by atoms with van der Waals surface area (Å²) in [6, 6.07) is 3.46. The number of halogens is 2. The summed E-state index contributed by atoms with van der Waals surface area (Å²) in [6.45, 7) is 5.55. The molecule has 4 nitrogen and oxygen atoms in total. The normalized spacial score (nSPS) is 24.6. The van der Waals surface area contributed by atoms with Crippen molar-refractivity contribution in [3.05, 3.63) is 52.4 Å². The smallest absolute Gasteiger partial charge is 0.155 e. The standard InChI is InChI=1S/C16H17F2N3OS/c1-8-14(9(2)22-21-8)13-7-16(3,20-15(19)23-13)10-4-11(17)6-12(18)5-10/h4-6,13H,7H2,1-3H3,(H2,19,20). The largest absolute Gasteiger partial charge is 0.378 e. The van der Waals surface area contributed by atoms with E-state index in [-0.39, 0.29) is 5.25 Å². The minimum Gasteiger partial charge on any atom is -0.378 e. The molecule has 2 aromatic rings. The molecule has 1 aliphatic heterocycles.